The molecule has 0 fully saturated rings. The quantitative estimate of drug-likeness (QED) is 0.0601. The summed E-state index contributed by atoms with van der Waals surface area (Å²) in [5.74, 6) is -0.388. The number of ether oxygens (including phenoxy) is 3. The van der Waals surface area contributed by atoms with Gasteiger partial charge in [-0.15, -0.1) is 0 Å². The summed E-state index contributed by atoms with van der Waals surface area (Å²) in [6.45, 7) is 11.2. The molecule has 244 valence electrons. The van der Waals surface area contributed by atoms with Crippen LogP contribution >= 0.6 is 0 Å². The van der Waals surface area contributed by atoms with E-state index in [-0.39, 0.29) is 18.5 Å². The minimum absolute atomic E-state index is 0.108. The van der Waals surface area contributed by atoms with Gasteiger partial charge in [0, 0.05) is 25.9 Å². The van der Waals surface area contributed by atoms with E-state index in [1.165, 1.54) is 116 Å². The first-order valence-corrected chi connectivity index (χ1v) is 17.8. The van der Waals surface area contributed by atoms with Gasteiger partial charge in [-0.3, -0.25) is 9.59 Å². The Hall–Kier alpha value is -1.10. The maximum absolute atomic E-state index is 12.6. The van der Waals surface area contributed by atoms with Gasteiger partial charge in [0.15, 0.2) is 0 Å². The van der Waals surface area contributed by atoms with Crippen LogP contribution in [0.5, 0.6) is 0 Å². The van der Waals surface area contributed by atoms with Crippen LogP contribution in [0.25, 0.3) is 0 Å². The number of hydrogen-bond acceptors (Lipinski definition) is 5. The van der Waals surface area contributed by atoms with Crippen LogP contribution in [0.1, 0.15) is 195 Å². The van der Waals surface area contributed by atoms with Crippen LogP contribution in [0.4, 0.5) is 0 Å². The van der Waals surface area contributed by atoms with E-state index >= 15 is 0 Å². The monoisotopic (exact) mass is 583 g/mol. The van der Waals surface area contributed by atoms with Crippen LogP contribution in [0.2, 0.25) is 0 Å². The molecular formula is C36H70O5. The zero-order chi connectivity index (χ0) is 30.4. The number of rotatable bonds is 31. The zero-order valence-corrected chi connectivity index (χ0v) is 28.2. The third-order valence-corrected chi connectivity index (χ3v) is 7.95. The second kappa shape index (κ2) is 29.0. The molecule has 0 aliphatic rings. The first-order valence-electron chi connectivity index (χ1n) is 17.8. The Balaban J connectivity index is 4.13. The first-order chi connectivity index (χ1) is 19.8. The topological polar surface area (TPSA) is 61.8 Å². The van der Waals surface area contributed by atoms with Crippen LogP contribution in [0, 0.1) is 0 Å². The van der Waals surface area contributed by atoms with Gasteiger partial charge in [-0.2, -0.15) is 0 Å². The molecule has 0 radical (unpaired) electrons. The highest BCUT2D eigenvalue weighted by atomic mass is 16.6. The molecule has 0 amide bonds. The molecule has 0 heterocycles. The van der Waals surface area contributed by atoms with E-state index in [0.717, 1.165) is 25.7 Å². The fourth-order valence-corrected chi connectivity index (χ4v) is 5.50. The van der Waals surface area contributed by atoms with Gasteiger partial charge in [-0.25, -0.2) is 0 Å². The lowest BCUT2D eigenvalue weighted by Gasteiger charge is -2.29. The minimum atomic E-state index is -0.474. The molecule has 0 aromatic rings. The molecule has 41 heavy (non-hydrogen) atoms. The molecule has 0 aliphatic carbocycles. The van der Waals surface area contributed by atoms with Crippen molar-refractivity contribution in [3.05, 3.63) is 0 Å². The lowest BCUT2D eigenvalue weighted by molar-refractivity contribution is -0.163. The number of unbranched alkanes of at least 4 members (excludes halogenated alkanes) is 20. The third-order valence-electron chi connectivity index (χ3n) is 7.95. The Bertz CT molecular complexity index is 589. The van der Waals surface area contributed by atoms with E-state index in [9.17, 15) is 9.59 Å². The highest BCUT2D eigenvalue weighted by Crippen LogP contribution is 2.20. The lowest BCUT2D eigenvalue weighted by Crippen LogP contribution is -2.35. The van der Waals surface area contributed by atoms with Gasteiger partial charge in [0.1, 0.15) is 12.7 Å². The molecule has 0 rings (SSSR count). The van der Waals surface area contributed by atoms with Gasteiger partial charge in [-0.05, 0) is 33.6 Å². The van der Waals surface area contributed by atoms with E-state index in [1.54, 1.807) is 0 Å². The fraction of sp³-hybridized carbons (Fsp3) is 0.944. The molecule has 1 unspecified atom stereocenters. The average Bonchev–Trinajstić information content (AvgIpc) is 2.93. The fourth-order valence-electron chi connectivity index (χ4n) is 5.50. The summed E-state index contributed by atoms with van der Waals surface area (Å²) in [6.07, 6.45) is 28.4. The molecule has 0 spiro atoms. The summed E-state index contributed by atoms with van der Waals surface area (Å²) in [5, 5.41) is 0. The summed E-state index contributed by atoms with van der Waals surface area (Å²) in [4.78, 5) is 25.0. The normalized spacial score (nSPS) is 12.4. The number of carbonyl (C=O) groups is 2. The summed E-state index contributed by atoms with van der Waals surface area (Å²) >= 11 is 0. The average molecular weight is 583 g/mol. The van der Waals surface area contributed by atoms with E-state index in [2.05, 4.69) is 13.8 Å². The highest BCUT2D eigenvalue weighted by Gasteiger charge is 2.27. The van der Waals surface area contributed by atoms with Crippen molar-refractivity contribution in [2.75, 3.05) is 13.2 Å². The van der Waals surface area contributed by atoms with Crippen LogP contribution < -0.4 is 0 Å². The molecule has 0 saturated heterocycles. The van der Waals surface area contributed by atoms with Crippen LogP contribution in [0.15, 0.2) is 0 Å². The second-order valence-corrected chi connectivity index (χ2v) is 12.8. The molecule has 0 aliphatic heterocycles. The van der Waals surface area contributed by atoms with Crippen molar-refractivity contribution < 1.29 is 23.8 Å². The van der Waals surface area contributed by atoms with Gasteiger partial charge in [0.2, 0.25) is 0 Å². The molecule has 0 aromatic heterocycles. The number of esters is 2. The maximum Gasteiger partial charge on any atom is 0.306 e. The molecule has 0 N–H and O–H groups in total. The summed E-state index contributed by atoms with van der Waals surface area (Å²) in [6, 6.07) is 0. The van der Waals surface area contributed by atoms with Crippen molar-refractivity contribution in [2.24, 2.45) is 0 Å². The van der Waals surface area contributed by atoms with Crippen molar-refractivity contribution in [1.82, 2.24) is 0 Å². The molecule has 5 heteroatoms. The van der Waals surface area contributed by atoms with Gasteiger partial charge in [-0.1, -0.05) is 142 Å². The first kappa shape index (κ1) is 39.9. The molecule has 0 aromatic carbocycles. The van der Waals surface area contributed by atoms with E-state index in [4.69, 9.17) is 14.2 Å². The summed E-state index contributed by atoms with van der Waals surface area (Å²) in [7, 11) is 0. The standard InChI is InChI=1S/C36H70O5/c1-6-9-11-13-15-17-19-21-23-25-27-29-34(37)39-32-33(31-36(4,5)40-8-3)41-35(38)30-28-26-24-22-20-18-16-14-12-10-7-2/h33H,6-32H2,1-5H3. The van der Waals surface area contributed by atoms with E-state index < -0.39 is 11.7 Å². The maximum atomic E-state index is 12.6. The Morgan fingerprint density at radius 1 is 0.537 bits per heavy atom. The molecule has 1 atom stereocenters. The largest absolute Gasteiger partial charge is 0.462 e. The third kappa shape index (κ3) is 28.8. The van der Waals surface area contributed by atoms with Crippen molar-refractivity contribution in [1.29, 1.82) is 0 Å². The lowest BCUT2D eigenvalue weighted by atomic mass is 10.0. The van der Waals surface area contributed by atoms with Crippen LogP contribution in [-0.2, 0) is 23.8 Å². The summed E-state index contributed by atoms with van der Waals surface area (Å²) in [5.41, 5.74) is -0.446. The molecule has 5 nitrogen and oxygen atoms in total. The van der Waals surface area contributed by atoms with Gasteiger partial charge >= 0.3 is 11.9 Å². The smallest absolute Gasteiger partial charge is 0.306 e. The van der Waals surface area contributed by atoms with Gasteiger partial charge in [0.25, 0.3) is 0 Å². The van der Waals surface area contributed by atoms with E-state index in [1.807, 2.05) is 20.8 Å². The number of carbonyl (C=O) groups excluding carboxylic acids is 2. The highest BCUT2D eigenvalue weighted by molar-refractivity contribution is 5.70. The predicted octanol–water partition coefficient (Wildman–Crippen LogP) is 11.0. The van der Waals surface area contributed by atoms with Gasteiger partial charge in [0.05, 0.1) is 5.60 Å². The minimum Gasteiger partial charge on any atom is -0.462 e. The van der Waals surface area contributed by atoms with Gasteiger partial charge < -0.3 is 14.2 Å². The van der Waals surface area contributed by atoms with E-state index in [0.29, 0.717) is 25.9 Å². The SMILES string of the molecule is CCCCCCCCCCCCCC(=O)OCC(CC(C)(C)OCC)OC(=O)CCCCCCCCCCCCC. The number of hydrogen-bond donors (Lipinski definition) is 0. The Morgan fingerprint density at radius 3 is 1.29 bits per heavy atom. The Kier molecular flexibility index (Phi) is 28.2. The molecule has 0 bridgehead atoms. The Morgan fingerprint density at radius 2 is 0.902 bits per heavy atom. The zero-order valence-electron chi connectivity index (χ0n) is 28.2. The van der Waals surface area contributed by atoms with Crippen molar-refractivity contribution >= 4 is 11.9 Å². The molecular weight excluding hydrogens is 512 g/mol. The molecule has 0 saturated carbocycles. The Labute approximate surface area is 255 Å². The van der Waals surface area contributed by atoms with Crippen molar-refractivity contribution in [3.8, 4) is 0 Å². The van der Waals surface area contributed by atoms with Crippen LogP contribution in [0.3, 0.4) is 0 Å². The predicted molar refractivity (Wildman–Crippen MR) is 173 cm³/mol. The van der Waals surface area contributed by atoms with Crippen molar-refractivity contribution in [3.63, 3.8) is 0 Å². The van der Waals surface area contributed by atoms with Crippen LogP contribution in [-0.4, -0.2) is 36.9 Å². The second-order valence-electron chi connectivity index (χ2n) is 12.8. The summed E-state index contributed by atoms with van der Waals surface area (Å²) < 4.78 is 17.2. The van der Waals surface area contributed by atoms with Crippen molar-refractivity contribution in [2.45, 2.75) is 207 Å².